The molecule has 3 N–H and O–H groups in total. The Labute approximate surface area is 132 Å². The van der Waals surface area contributed by atoms with Gasteiger partial charge in [0.05, 0.1) is 5.56 Å². The number of nitrogens with one attached hydrogen (secondary N) is 1. The fourth-order valence-electron chi connectivity index (χ4n) is 1.73. The Bertz CT molecular complexity index is 714. The lowest BCUT2D eigenvalue weighted by Gasteiger charge is -2.13. The number of amides is 2. The summed E-state index contributed by atoms with van der Waals surface area (Å²) in [6.45, 7) is 1.46. The number of rotatable bonds is 5. The maximum atomic E-state index is 12.0. The molecule has 1 aromatic carbocycles. The molecule has 2 rings (SSSR count). The highest BCUT2D eigenvalue weighted by molar-refractivity contribution is 5.98. The van der Waals surface area contributed by atoms with E-state index in [1.165, 1.54) is 43.6 Å². The minimum atomic E-state index is -0.987. The van der Waals surface area contributed by atoms with Crippen molar-refractivity contribution in [2.45, 2.75) is 13.0 Å². The third kappa shape index (κ3) is 4.37. The summed E-state index contributed by atoms with van der Waals surface area (Å²) in [6.07, 6.45) is 1.90. The number of hydrogen-bond acceptors (Lipinski definition) is 5. The van der Waals surface area contributed by atoms with Crippen molar-refractivity contribution >= 4 is 23.5 Å². The highest BCUT2D eigenvalue weighted by Gasteiger charge is 2.19. The molecule has 0 saturated heterocycles. The van der Waals surface area contributed by atoms with Crippen LogP contribution in [-0.2, 0) is 9.53 Å². The van der Waals surface area contributed by atoms with Crippen molar-refractivity contribution in [3.05, 3.63) is 59.9 Å². The van der Waals surface area contributed by atoms with Crippen LogP contribution in [0.4, 0.5) is 5.69 Å². The van der Waals surface area contributed by atoms with Crippen LogP contribution in [0.1, 0.15) is 27.6 Å². The van der Waals surface area contributed by atoms with Gasteiger partial charge in [-0.25, -0.2) is 4.79 Å². The first-order chi connectivity index (χ1) is 11.0. The summed E-state index contributed by atoms with van der Waals surface area (Å²) >= 11 is 0. The number of nitrogens with zero attached hydrogens (tertiary/aromatic N) is 1. The highest BCUT2D eigenvalue weighted by Crippen LogP contribution is 2.11. The van der Waals surface area contributed by atoms with Gasteiger partial charge in [0, 0.05) is 23.6 Å². The maximum Gasteiger partial charge on any atom is 0.340 e. The molecule has 0 saturated carbocycles. The molecule has 7 nitrogen and oxygen atoms in total. The second-order valence-corrected chi connectivity index (χ2v) is 4.72. The van der Waals surface area contributed by atoms with E-state index in [0.717, 1.165) is 0 Å². The topological polar surface area (TPSA) is 111 Å². The fourth-order valence-corrected chi connectivity index (χ4v) is 1.73. The van der Waals surface area contributed by atoms with Gasteiger partial charge in [-0.05, 0) is 43.3 Å². The van der Waals surface area contributed by atoms with Crippen molar-refractivity contribution in [2.24, 2.45) is 5.73 Å². The van der Waals surface area contributed by atoms with Gasteiger partial charge in [0.15, 0.2) is 6.10 Å². The predicted molar refractivity (Wildman–Crippen MR) is 82.7 cm³/mol. The minimum absolute atomic E-state index is 0.262. The number of nitrogens with two attached hydrogens (primary N) is 1. The summed E-state index contributed by atoms with van der Waals surface area (Å²) in [5.74, 6) is -1.68. The second-order valence-electron chi connectivity index (χ2n) is 4.72. The summed E-state index contributed by atoms with van der Waals surface area (Å²) in [7, 11) is 0. The highest BCUT2D eigenvalue weighted by atomic mass is 16.5. The van der Waals surface area contributed by atoms with Crippen molar-refractivity contribution in [2.75, 3.05) is 5.32 Å². The summed E-state index contributed by atoms with van der Waals surface area (Å²) in [4.78, 5) is 38.6. The molecule has 1 atom stereocenters. The van der Waals surface area contributed by atoms with Crippen LogP contribution >= 0.6 is 0 Å². The molecule has 1 heterocycles. The van der Waals surface area contributed by atoms with Crippen LogP contribution in [0.3, 0.4) is 0 Å². The Morgan fingerprint density at radius 3 is 2.39 bits per heavy atom. The Morgan fingerprint density at radius 2 is 1.83 bits per heavy atom. The largest absolute Gasteiger partial charge is 0.449 e. The summed E-state index contributed by atoms with van der Waals surface area (Å²) < 4.78 is 5.07. The second kappa shape index (κ2) is 7.17. The third-order valence-corrected chi connectivity index (χ3v) is 2.99. The van der Waals surface area contributed by atoms with E-state index in [9.17, 15) is 14.4 Å². The third-order valence-electron chi connectivity index (χ3n) is 2.99. The van der Waals surface area contributed by atoms with Gasteiger partial charge in [-0.1, -0.05) is 0 Å². The van der Waals surface area contributed by atoms with Crippen molar-refractivity contribution in [3.63, 3.8) is 0 Å². The average Bonchev–Trinajstić information content (AvgIpc) is 2.56. The number of pyridine rings is 1. The molecule has 2 aromatic rings. The molecule has 1 unspecified atom stereocenters. The zero-order chi connectivity index (χ0) is 16.8. The van der Waals surface area contributed by atoms with Gasteiger partial charge in [0.25, 0.3) is 5.91 Å². The van der Waals surface area contributed by atoms with Crippen molar-refractivity contribution in [3.8, 4) is 0 Å². The number of hydrogen-bond donors (Lipinski definition) is 2. The van der Waals surface area contributed by atoms with E-state index in [1.54, 1.807) is 12.1 Å². The number of anilines is 1. The molecule has 7 heteroatoms. The van der Waals surface area contributed by atoms with E-state index in [0.29, 0.717) is 11.3 Å². The van der Waals surface area contributed by atoms with Gasteiger partial charge in [-0.2, -0.15) is 0 Å². The Hall–Kier alpha value is -3.22. The van der Waals surface area contributed by atoms with Crippen LogP contribution in [0.25, 0.3) is 0 Å². The number of primary amides is 1. The van der Waals surface area contributed by atoms with E-state index >= 15 is 0 Å². The van der Waals surface area contributed by atoms with E-state index in [4.69, 9.17) is 10.5 Å². The van der Waals surface area contributed by atoms with Gasteiger partial charge >= 0.3 is 5.97 Å². The van der Waals surface area contributed by atoms with Crippen LogP contribution in [0.5, 0.6) is 0 Å². The molecule has 118 valence electrons. The molecule has 0 radical (unpaired) electrons. The molecule has 0 aliphatic rings. The lowest BCUT2D eigenvalue weighted by molar-refractivity contribution is -0.123. The zero-order valence-corrected chi connectivity index (χ0v) is 12.4. The van der Waals surface area contributed by atoms with Gasteiger partial charge in [-0.15, -0.1) is 0 Å². The Morgan fingerprint density at radius 1 is 1.13 bits per heavy atom. The van der Waals surface area contributed by atoms with Gasteiger partial charge < -0.3 is 15.8 Å². The normalized spacial score (nSPS) is 11.3. The monoisotopic (exact) mass is 313 g/mol. The summed E-state index contributed by atoms with van der Waals surface area (Å²) in [6, 6.07) is 9.19. The van der Waals surface area contributed by atoms with E-state index in [1.807, 2.05) is 0 Å². The van der Waals surface area contributed by atoms with Gasteiger partial charge in [0.2, 0.25) is 5.91 Å². The lowest BCUT2D eigenvalue weighted by Crippen LogP contribution is -2.30. The standard InChI is InChI=1S/C16H15N3O4/c1-10(23-16(22)12-3-2-8-18-9-12)15(21)19-13-6-4-11(5-7-13)14(17)20/h2-10H,1H3,(H2,17,20)(H,19,21). The molecule has 2 amide bonds. The van der Waals surface area contributed by atoms with Crippen LogP contribution < -0.4 is 11.1 Å². The predicted octanol–water partition coefficient (Wildman–Crippen LogP) is 1.36. The average molecular weight is 313 g/mol. The molecule has 23 heavy (non-hydrogen) atoms. The van der Waals surface area contributed by atoms with Crippen LogP contribution in [0.2, 0.25) is 0 Å². The fraction of sp³-hybridized carbons (Fsp3) is 0.125. The summed E-state index contributed by atoms with van der Waals surface area (Å²) in [5.41, 5.74) is 6.19. The Balaban J connectivity index is 1.94. The number of carbonyl (C=O) groups is 3. The van der Waals surface area contributed by atoms with Gasteiger partial charge in [0.1, 0.15) is 0 Å². The number of ether oxygens (including phenoxy) is 1. The van der Waals surface area contributed by atoms with Crippen LogP contribution in [0, 0.1) is 0 Å². The van der Waals surface area contributed by atoms with Crippen molar-refractivity contribution in [1.29, 1.82) is 0 Å². The summed E-state index contributed by atoms with van der Waals surface area (Å²) in [5, 5.41) is 2.58. The Kier molecular flexibility index (Phi) is 5.03. The molecule has 0 spiro atoms. The SMILES string of the molecule is CC(OC(=O)c1cccnc1)C(=O)Nc1ccc(C(N)=O)cc1. The van der Waals surface area contributed by atoms with Crippen LogP contribution in [0.15, 0.2) is 48.8 Å². The maximum absolute atomic E-state index is 12.0. The smallest absolute Gasteiger partial charge is 0.340 e. The first-order valence-corrected chi connectivity index (χ1v) is 6.79. The number of carbonyl (C=O) groups excluding carboxylic acids is 3. The zero-order valence-electron chi connectivity index (χ0n) is 12.4. The molecule has 0 aliphatic carbocycles. The minimum Gasteiger partial charge on any atom is -0.449 e. The quantitative estimate of drug-likeness (QED) is 0.810. The molecule has 1 aromatic heterocycles. The number of esters is 1. The van der Waals surface area contributed by atoms with Crippen molar-refractivity contribution in [1.82, 2.24) is 4.98 Å². The molecule has 0 aliphatic heterocycles. The van der Waals surface area contributed by atoms with E-state index < -0.39 is 23.9 Å². The lowest BCUT2D eigenvalue weighted by atomic mass is 10.2. The van der Waals surface area contributed by atoms with E-state index in [2.05, 4.69) is 10.3 Å². The van der Waals surface area contributed by atoms with Crippen molar-refractivity contribution < 1.29 is 19.1 Å². The van der Waals surface area contributed by atoms with E-state index in [-0.39, 0.29) is 5.56 Å². The first-order valence-electron chi connectivity index (χ1n) is 6.79. The van der Waals surface area contributed by atoms with Gasteiger partial charge in [-0.3, -0.25) is 14.6 Å². The number of aromatic nitrogens is 1. The molecule has 0 fully saturated rings. The van der Waals surface area contributed by atoms with Crippen LogP contribution in [-0.4, -0.2) is 28.9 Å². The first kappa shape index (κ1) is 16.2. The number of benzene rings is 1. The molecular formula is C16H15N3O4. The molecule has 0 bridgehead atoms. The molecular weight excluding hydrogens is 298 g/mol.